The molecule has 140 valence electrons. The van der Waals surface area contributed by atoms with Gasteiger partial charge >= 0.3 is 0 Å². The van der Waals surface area contributed by atoms with Gasteiger partial charge in [-0.1, -0.05) is 6.92 Å². The molecule has 9 heteroatoms. The van der Waals surface area contributed by atoms with Crippen molar-refractivity contribution < 1.29 is 4.79 Å². The number of nitrogens with one attached hydrogen (secondary N) is 2. The molecule has 0 spiro atoms. The number of aliphatic imine (C=N–C) groups is 1. The molecule has 3 rings (SSSR count). The molecule has 0 saturated carbocycles. The number of hydrogen-bond donors (Lipinski definition) is 2. The van der Waals surface area contributed by atoms with E-state index in [0.717, 1.165) is 63.0 Å². The van der Waals surface area contributed by atoms with Gasteiger partial charge in [-0.05, 0) is 19.8 Å². The van der Waals surface area contributed by atoms with Gasteiger partial charge in [-0.15, -0.1) is 34.2 Å². The number of hydrogen-bond acceptors (Lipinski definition) is 4. The standard InChI is InChI=1S/C16H27N7O.HI/c1-3-15(24)22-9-7-12(11-22)19-16(17-4-2)18-10-14-21-20-13-6-5-8-23(13)14;/h12H,3-11H2,1-2H3,(H2,17,18,19);1H. The van der Waals surface area contributed by atoms with E-state index < -0.39 is 0 Å². The lowest BCUT2D eigenvalue weighted by molar-refractivity contribution is -0.129. The third-order valence-electron chi connectivity index (χ3n) is 4.59. The molecule has 0 radical (unpaired) electrons. The third kappa shape index (κ3) is 4.83. The highest BCUT2D eigenvalue weighted by Gasteiger charge is 2.26. The van der Waals surface area contributed by atoms with Crippen LogP contribution in [-0.2, 0) is 24.3 Å². The highest BCUT2D eigenvalue weighted by atomic mass is 127. The Hall–Kier alpha value is -1.39. The van der Waals surface area contributed by atoms with Crippen LogP contribution < -0.4 is 10.6 Å². The van der Waals surface area contributed by atoms with Crippen LogP contribution in [0.25, 0.3) is 0 Å². The van der Waals surface area contributed by atoms with E-state index in [9.17, 15) is 4.79 Å². The van der Waals surface area contributed by atoms with Crippen molar-refractivity contribution in [3.8, 4) is 0 Å². The first kappa shape index (κ1) is 19.9. The van der Waals surface area contributed by atoms with E-state index >= 15 is 0 Å². The van der Waals surface area contributed by atoms with Crippen LogP contribution in [0.3, 0.4) is 0 Å². The molecule has 2 aliphatic heterocycles. The fraction of sp³-hybridized carbons (Fsp3) is 0.750. The van der Waals surface area contributed by atoms with E-state index in [1.165, 1.54) is 0 Å². The molecule has 1 aromatic rings. The van der Waals surface area contributed by atoms with Crippen molar-refractivity contribution in [1.29, 1.82) is 0 Å². The highest BCUT2D eigenvalue weighted by molar-refractivity contribution is 14.0. The number of halogens is 1. The lowest BCUT2D eigenvalue weighted by Crippen LogP contribution is -2.45. The molecule has 0 bridgehead atoms. The maximum absolute atomic E-state index is 11.8. The number of likely N-dealkylation sites (tertiary alicyclic amines) is 1. The summed E-state index contributed by atoms with van der Waals surface area (Å²) in [4.78, 5) is 18.4. The fourth-order valence-electron chi connectivity index (χ4n) is 3.32. The summed E-state index contributed by atoms with van der Waals surface area (Å²) >= 11 is 0. The summed E-state index contributed by atoms with van der Waals surface area (Å²) in [5.41, 5.74) is 0. The molecule has 3 heterocycles. The molecule has 1 amide bonds. The number of carbonyl (C=O) groups is 1. The van der Waals surface area contributed by atoms with Crippen molar-refractivity contribution in [1.82, 2.24) is 30.3 Å². The first-order valence-electron chi connectivity index (χ1n) is 8.94. The SMILES string of the molecule is CCNC(=NCc1nnc2n1CCC2)NC1CCN(C(=O)CC)C1.I. The van der Waals surface area contributed by atoms with E-state index in [1.54, 1.807) is 0 Å². The van der Waals surface area contributed by atoms with Crippen LogP contribution in [0.5, 0.6) is 0 Å². The highest BCUT2D eigenvalue weighted by Crippen LogP contribution is 2.14. The average molecular weight is 461 g/mol. The molecule has 1 saturated heterocycles. The van der Waals surface area contributed by atoms with Crippen molar-refractivity contribution in [3.63, 3.8) is 0 Å². The monoisotopic (exact) mass is 461 g/mol. The zero-order chi connectivity index (χ0) is 16.9. The molecule has 2 N–H and O–H groups in total. The smallest absolute Gasteiger partial charge is 0.222 e. The van der Waals surface area contributed by atoms with Gasteiger partial charge in [-0.25, -0.2) is 4.99 Å². The number of aromatic nitrogens is 3. The second-order valence-electron chi connectivity index (χ2n) is 6.31. The topological polar surface area (TPSA) is 87.4 Å². The summed E-state index contributed by atoms with van der Waals surface area (Å²) in [5, 5.41) is 15.2. The summed E-state index contributed by atoms with van der Waals surface area (Å²) < 4.78 is 2.17. The predicted molar refractivity (Wildman–Crippen MR) is 107 cm³/mol. The van der Waals surface area contributed by atoms with Gasteiger partial charge in [-0.2, -0.15) is 0 Å². The lowest BCUT2D eigenvalue weighted by Gasteiger charge is -2.18. The van der Waals surface area contributed by atoms with Crippen LogP contribution >= 0.6 is 24.0 Å². The Morgan fingerprint density at radius 1 is 1.32 bits per heavy atom. The molecular weight excluding hydrogens is 433 g/mol. The van der Waals surface area contributed by atoms with E-state index in [1.807, 2.05) is 18.7 Å². The van der Waals surface area contributed by atoms with Crippen LogP contribution in [0.2, 0.25) is 0 Å². The number of fused-ring (bicyclic) bond motifs is 1. The molecule has 2 aliphatic rings. The van der Waals surface area contributed by atoms with Crippen molar-refractivity contribution in [2.45, 2.75) is 58.7 Å². The number of aryl methyl sites for hydroxylation is 1. The zero-order valence-corrected chi connectivity index (χ0v) is 17.3. The molecule has 8 nitrogen and oxygen atoms in total. The Balaban J connectivity index is 0.00000225. The Morgan fingerprint density at radius 2 is 2.16 bits per heavy atom. The summed E-state index contributed by atoms with van der Waals surface area (Å²) in [5.74, 6) is 3.00. The van der Waals surface area contributed by atoms with Crippen LogP contribution in [-0.4, -0.2) is 57.2 Å². The van der Waals surface area contributed by atoms with E-state index in [4.69, 9.17) is 0 Å². The number of guanidine groups is 1. The fourth-order valence-corrected chi connectivity index (χ4v) is 3.32. The van der Waals surface area contributed by atoms with E-state index in [-0.39, 0.29) is 35.9 Å². The maximum atomic E-state index is 11.8. The Kier molecular flexibility index (Phi) is 7.45. The van der Waals surface area contributed by atoms with Crippen LogP contribution in [0.1, 0.15) is 44.8 Å². The molecule has 1 fully saturated rings. The molecule has 25 heavy (non-hydrogen) atoms. The number of amides is 1. The molecule has 1 unspecified atom stereocenters. The first-order valence-corrected chi connectivity index (χ1v) is 8.94. The Labute approximate surface area is 165 Å². The van der Waals surface area contributed by atoms with Gasteiger partial charge in [0.25, 0.3) is 0 Å². The zero-order valence-electron chi connectivity index (χ0n) is 15.0. The van der Waals surface area contributed by atoms with Gasteiger partial charge in [0.1, 0.15) is 12.4 Å². The summed E-state index contributed by atoms with van der Waals surface area (Å²) in [6.07, 6.45) is 3.68. The average Bonchev–Trinajstić information content (AvgIpc) is 3.29. The summed E-state index contributed by atoms with van der Waals surface area (Å²) in [7, 11) is 0. The second kappa shape index (κ2) is 9.35. The number of carbonyl (C=O) groups excluding carboxylic acids is 1. The minimum atomic E-state index is 0. The molecule has 0 aromatic carbocycles. The van der Waals surface area contributed by atoms with E-state index in [2.05, 4.69) is 30.4 Å². The van der Waals surface area contributed by atoms with E-state index in [0.29, 0.717) is 13.0 Å². The Bertz CT molecular complexity index is 616. The molecule has 1 atom stereocenters. The minimum absolute atomic E-state index is 0. The van der Waals surface area contributed by atoms with Crippen molar-refractivity contribution >= 4 is 35.8 Å². The maximum Gasteiger partial charge on any atom is 0.222 e. The first-order chi connectivity index (χ1) is 11.7. The minimum Gasteiger partial charge on any atom is -0.357 e. The van der Waals surface area contributed by atoms with Gasteiger partial charge < -0.3 is 20.1 Å². The summed E-state index contributed by atoms with van der Waals surface area (Å²) in [6, 6.07) is 0.252. The Morgan fingerprint density at radius 3 is 2.92 bits per heavy atom. The van der Waals surface area contributed by atoms with Gasteiger partial charge in [-0.3, -0.25) is 4.79 Å². The largest absolute Gasteiger partial charge is 0.357 e. The third-order valence-corrected chi connectivity index (χ3v) is 4.59. The van der Waals surface area contributed by atoms with Crippen LogP contribution in [0, 0.1) is 0 Å². The second-order valence-corrected chi connectivity index (χ2v) is 6.31. The normalized spacial score (nSPS) is 19.5. The van der Waals surface area contributed by atoms with Crippen LogP contribution in [0.15, 0.2) is 4.99 Å². The van der Waals surface area contributed by atoms with Crippen molar-refractivity contribution in [2.75, 3.05) is 19.6 Å². The van der Waals surface area contributed by atoms with Gasteiger partial charge in [0.2, 0.25) is 5.91 Å². The van der Waals surface area contributed by atoms with Gasteiger partial charge in [0.05, 0.1) is 0 Å². The van der Waals surface area contributed by atoms with Crippen molar-refractivity contribution in [2.24, 2.45) is 4.99 Å². The molecular formula is C16H28IN7O. The van der Waals surface area contributed by atoms with Crippen molar-refractivity contribution in [3.05, 3.63) is 11.6 Å². The van der Waals surface area contributed by atoms with Gasteiger partial charge in [0.15, 0.2) is 11.8 Å². The number of rotatable bonds is 5. The predicted octanol–water partition coefficient (Wildman–Crippen LogP) is 0.908. The molecule has 1 aromatic heterocycles. The summed E-state index contributed by atoms with van der Waals surface area (Å²) in [6.45, 7) is 7.84. The quantitative estimate of drug-likeness (QED) is 0.387. The lowest BCUT2D eigenvalue weighted by atomic mass is 10.3. The number of nitrogens with zero attached hydrogens (tertiary/aromatic N) is 5. The van der Waals surface area contributed by atoms with Gasteiger partial charge in [0, 0.05) is 45.1 Å². The molecule has 0 aliphatic carbocycles. The van der Waals surface area contributed by atoms with Crippen LogP contribution in [0.4, 0.5) is 0 Å².